The molecule has 1 fully saturated rings. The van der Waals surface area contributed by atoms with Crippen LogP contribution in [-0.2, 0) is 4.79 Å². The molecule has 1 rings (SSSR count). The summed E-state index contributed by atoms with van der Waals surface area (Å²) in [4.78, 5) is 14.5. The summed E-state index contributed by atoms with van der Waals surface area (Å²) in [6.07, 6.45) is 0. The third-order valence-corrected chi connectivity index (χ3v) is 3.33. The Morgan fingerprint density at radius 1 is 1.33 bits per heavy atom. The van der Waals surface area contributed by atoms with Gasteiger partial charge in [0.05, 0.1) is 6.04 Å². The third kappa shape index (κ3) is 2.25. The van der Waals surface area contributed by atoms with E-state index in [2.05, 4.69) is 39.5 Å². The van der Waals surface area contributed by atoms with Crippen LogP contribution in [0.3, 0.4) is 0 Å². The summed E-state index contributed by atoms with van der Waals surface area (Å²) in [5.74, 6) is 0.528. The van der Waals surface area contributed by atoms with E-state index in [1.54, 1.807) is 0 Å². The van der Waals surface area contributed by atoms with Crippen molar-refractivity contribution in [3.05, 3.63) is 0 Å². The van der Waals surface area contributed by atoms with Crippen LogP contribution in [0.15, 0.2) is 0 Å². The summed E-state index contributed by atoms with van der Waals surface area (Å²) in [5, 5.41) is 0. The molecule has 1 aliphatic heterocycles. The van der Waals surface area contributed by atoms with Gasteiger partial charge in [-0.15, -0.1) is 0 Å². The van der Waals surface area contributed by atoms with E-state index in [4.69, 9.17) is 0 Å². The van der Waals surface area contributed by atoms with E-state index in [0.717, 1.165) is 6.54 Å². The van der Waals surface area contributed by atoms with E-state index in [-0.39, 0.29) is 22.9 Å². The molecule has 1 aliphatic rings. The van der Waals surface area contributed by atoms with Crippen LogP contribution in [0.5, 0.6) is 0 Å². The number of likely N-dealkylation sites (tertiary alicyclic amines) is 1. The molecule has 0 N–H and O–H groups in total. The van der Waals surface area contributed by atoms with Gasteiger partial charge in [-0.05, 0) is 20.8 Å². The van der Waals surface area contributed by atoms with Crippen LogP contribution in [0, 0.1) is 11.3 Å². The van der Waals surface area contributed by atoms with Gasteiger partial charge in [-0.1, -0.05) is 27.7 Å². The van der Waals surface area contributed by atoms with Gasteiger partial charge in [-0.3, -0.25) is 9.69 Å². The standard InChI is InChI=1S/C13H25NO/c1-9(2)10(15)11-13(6,7)8-14(11)12(3,4)5/h9,11H,8H2,1-7H3/t11-/m1/s1. The molecule has 15 heavy (non-hydrogen) atoms. The van der Waals surface area contributed by atoms with Gasteiger partial charge in [0.15, 0.2) is 5.78 Å². The lowest BCUT2D eigenvalue weighted by Gasteiger charge is -2.59. The van der Waals surface area contributed by atoms with Gasteiger partial charge < -0.3 is 0 Å². The zero-order valence-electron chi connectivity index (χ0n) is 11.2. The van der Waals surface area contributed by atoms with E-state index in [9.17, 15) is 4.79 Å². The third-order valence-electron chi connectivity index (χ3n) is 3.33. The normalized spacial score (nSPS) is 26.5. The highest BCUT2D eigenvalue weighted by atomic mass is 16.1. The number of hydrogen-bond acceptors (Lipinski definition) is 2. The molecule has 0 aromatic heterocycles. The number of hydrogen-bond donors (Lipinski definition) is 0. The molecule has 1 saturated heterocycles. The molecular weight excluding hydrogens is 186 g/mol. The highest BCUT2D eigenvalue weighted by molar-refractivity contribution is 5.87. The maximum atomic E-state index is 12.2. The minimum absolute atomic E-state index is 0.102. The predicted octanol–water partition coefficient (Wildman–Crippen LogP) is 2.72. The van der Waals surface area contributed by atoms with Crippen molar-refractivity contribution in [1.82, 2.24) is 4.90 Å². The second kappa shape index (κ2) is 3.58. The summed E-state index contributed by atoms with van der Waals surface area (Å²) < 4.78 is 0. The number of nitrogens with zero attached hydrogens (tertiary/aromatic N) is 1. The lowest BCUT2D eigenvalue weighted by molar-refractivity contribution is -0.155. The molecule has 0 radical (unpaired) electrons. The van der Waals surface area contributed by atoms with Crippen molar-refractivity contribution in [1.29, 1.82) is 0 Å². The van der Waals surface area contributed by atoms with E-state index in [1.807, 2.05) is 13.8 Å². The molecule has 1 atom stereocenters. The van der Waals surface area contributed by atoms with Gasteiger partial charge in [0.2, 0.25) is 0 Å². The molecule has 0 amide bonds. The maximum Gasteiger partial charge on any atom is 0.153 e. The summed E-state index contributed by atoms with van der Waals surface area (Å²) in [5.41, 5.74) is 0.249. The van der Waals surface area contributed by atoms with E-state index in [1.165, 1.54) is 0 Å². The molecule has 0 aliphatic carbocycles. The second-order valence-electron chi connectivity index (χ2n) is 6.75. The molecule has 0 aromatic carbocycles. The van der Waals surface area contributed by atoms with Crippen molar-refractivity contribution in [3.63, 3.8) is 0 Å². The van der Waals surface area contributed by atoms with Gasteiger partial charge in [0.25, 0.3) is 0 Å². The van der Waals surface area contributed by atoms with Gasteiger partial charge >= 0.3 is 0 Å². The van der Waals surface area contributed by atoms with Crippen molar-refractivity contribution >= 4 is 5.78 Å². The van der Waals surface area contributed by atoms with Crippen LogP contribution >= 0.6 is 0 Å². The molecule has 0 bridgehead atoms. The Balaban J connectivity index is 2.86. The number of carbonyl (C=O) groups is 1. The molecule has 0 spiro atoms. The SMILES string of the molecule is CC(C)C(=O)[C@H]1N(C(C)(C)C)CC1(C)C. The van der Waals surface area contributed by atoms with Gasteiger partial charge in [0.1, 0.15) is 0 Å². The lowest BCUT2D eigenvalue weighted by Crippen LogP contribution is -2.70. The Hall–Kier alpha value is -0.370. The average Bonchev–Trinajstić information content (AvgIpc) is 1.98. The van der Waals surface area contributed by atoms with Crippen molar-refractivity contribution < 1.29 is 4.79 Å². The fourth-order valence-electron chi connectivity index (χ4n) is 2.41. The molecule has 2 nitrogen and oxygen atoms in total. The van der Waals surface area contributed by atoms with Gasteiger partial charge in [-0.25, -0.2) is 0 Å². The summed E-state index contributed by atoms with van der Waals surface area (Å²) in [6.45, 7) is 16.0. The predicted molar refractivity (Wildman–Crippen MR) is 63.9 cm³/mol. The van der Waals surface area contributed by atoms with Crippen LogP contribution in [0.1, 0.15) is 48.5 Å². The highest BCUT2D eigenvalue weighted by Gasteiger charge is 2.53. The fraction of sp³-hybridized carbons (Fsp3) is 0.923. The molecule has 0 saturated carbocycles. The second-order valence-corrected chi connectivity index (χ2v) is 6.75. The quantitative estimate of drug-likeness (QED) is 0.700. The van der Waals surface area contributed by atoms with Crippen LogP contribution in [-0.4, -0.2) is 28.8 Å². The first-order valence-corrected chi connectivity index (χ1v) is 5.88. The van der Waals surface area contributed by atoms with Crippen LogP contribution in [0.25, 0.3) is 0 Å². The van der Waals surface area contributed by atoms with E-state index in [0.29, 0.717) is 5.78 Å². The van der Waals surface area contributed by atoms with Gasteiger partial charge in [0, 0.05) is 23.4 Å². The Kier molecular flexibility index (Phi) is 3.03. The maximum absolute atomic E-state index is 12.2. The fourth-order valence-corrected chi connectivity index (χ4v) is 2.41. The van der Waals surface area contributed by atoms with E-state index < -0.39 is 0 Å². The van der Waals surface area contributed by atoms with Crippen LogP contribution in [0.4, 0.5) is 0 Å². The molecular formula is C13H25NO. The Morgan fingerprint density at radius 2 is 1.80 bits per heavy atom. The van der Waals surface area contributed by atoms with Crippen LogP contribution < -0.4 is 0 Å². The van der Waals surface area contributed by atoms with Crippen LogP contribution in [0.2, 0.25) is 0 Å². The largest absolute Gasteiger partial charge is 0.298 e. The van der Waals surface area contributed by atoms with Crippen molar-refractivity contribution in [2.24, 2.45) is 11.3 Å². The summed E-state index contributed by atoms with van der Waals surface area (Å²) in [6, 6.07) is 0.109. The Labute approximate surface area is 94.0 Å². The smallest absolute Gasteiger partial charge is 0.153 e. The zero-order valence-corrected chi connectivity index (χ0v) is 11.2. The average molecular weight is 211 g/mol. The molecule has 88 valence electrons. The van der Waals surface area contributed by atoms with Gasteiger partial charge in [-0.2, -0.15) is 0 Å². The first-order valence-electron chi connectivity index (χ1n) is 5.88. The van der Waals surface area contributed by atoms with Crippen molar-refractivity contribution in [3.8, 4) is 0 Å². The molecule has 1 heterocycles. The number of Topliss-reactive ketones (excluding diaryl/α,β-unsaturated/α-hetero) is 1. The summed E-state index contributed by atoms with van der Waals surface area (Å²) in [7, 11) is 0. The molecule has 0 unspecified atom stereocenters. The number of ketones is 1. The first-order chi connectivity index (χ1) is 6.57. The Bertz CT molecular complexity index is 260. The molecule has 0 aromatic rings. The number of carbonyl (C=O) groups excluding carboxylic acids is 1. The van der Waals surface area contributed by atoms with Crippen molar-refractivity contribution in [2.45, 2.75) is 60.0 Å². The number of rotatable bonds is 2. The van der Waals surface area contributed by atoms with E-state index >= 15 is 0 Å². The first kappa shape index (κ1) is 12.7. The summed E-state index contributed by atoms with van der Waals surface area (Å²) >= 11 is 0. The monoisotopic (exact) mass is 211 g/mol. The topological polar surface area (TPSA) is 20.3 Å². The highest BCUT2D eigenvalue weighted by Crippen LogP contribution is 2.42. The minimum Gasteiger partial charge on any atom is -0.298 e. The minimum atomic E-state index is 0.102. The molecule has 2 heteroatoms. The zero-order chi connectivity index (χ0) is 12.0. The Morgan fingerprint density at radius 3 is 2.07 bits per heavy atom. The van der Waals surface area contributed by atoms with Crippen molar-refractivity contribution in [2.75, 3.05) is 6.54 Å². The lowest BCUT2D eigenvalue weighted by atomic mass is 9.69.